The van der Waals surface area contributed by atoms with Crippen LogP contribution in [0.5, 0.6) is 0 Å². The van der Waals surface area contributed by atoms with E-state index in [1.165, 1.54) is 6.92 Å². The highest BCUT2D eigenvalue weighted by molar-refractivity contribution is 9.10. The van der Waals surface area contributed by atoms with Crippen molar-refractivity contribution < 1.29 is 28.7 Å². The number of halogens is 1. The zero-order valence-electron chi connectivity index (χ0n) is 17.6. The molecular formula is C22H21BrN4O6. The van der Waals surface area contributed by atoms with E-state index in [0.717, 1.165) is 9.48 Å². The first-order valence-corrected chi connectivity index (χ1v) is 10.7. The van der Waals surface area contributed by atoms with Crippen LogP contribution in [0.25, 0.3) is 0 Å². The number of benzene rings is 2. The highest BCUT2D eigenvalue weighted by Crippen LogP contribution is 2.19. The predicted molar refractivity (Wildman–Crippen MR) is 122 cm³/mol. The number of hydrazine groups is 1. The van der Waals surface area contributed by atoms with Gasteiger partial charge in [-0.05, 0) is 48.5 Å². The molecule has 1 heterocycles. The lowest BCUT2D eigenvalue weighted by molar-refractivity contribution is -0.151. The summed E-state index contributed by atoms with van der Waals surface area (Å²) in [5, 5.41) is 6.25. The third kappa shape index (κ3) is 6.88. The van der Waals surface area contributed by atoms with Crippen molar-refractivity contribution in [2.45, 2.75) is 13.3 Å². The molecule has 33 heavy (non-hydrogen) atoms. The molecule has 11 heteroatoms. The Morgan fingerprint density at radius 3 is 2.21 bits per heavy atom. The molecule has 1 fully saturated rings. The van der Waals surface area contributed by atoms with E-state index in [-0.39, 0.29) is 18.9 Å². The minimum absolute atomic E-state index is 0.0494. The maximum Gasteiger partial charge on any atom is 0.311 e. The molecule has 1 saturated heterocycles. The van der Waals surface area contributed by atoms with Crippen molar-refractivity contribution in [2.24, 2.45) is 5.92 Å². The Kier molecular flexibility index (Phi) is 7.78. The highest BCUT2D eigenvalue weighted by atomic mass is 79.9. The Balaban J connectivity index is 1.45. The minimum atomic E-state index is -0.799. The van der Waals surface area contributed by atoms with Crippen molar-refractivity contribution in [1.82, 2.24) is 10.4 Å². The molecule has 0 spiro atoms. The number of carbonyl (C=O) groups is 5. The van der Waals surface area contributed by atoms with Gasteiger partial charge in [0.05, 0.1) is 12.5 Å². The lowest BCUT2D eigenvalue weighted by Crippen LogP contribution is -2.43. The molecule has 0 aliphatic carbocycles. The first-order valence-electron chi connectivity index (χ1n) is 9.92. The van der Waals surface area contributed by atoms with Crippen molar-refractivity contribution in [3.8, 4) is 0 Å². The fourth-order valence-electron chi connectivity index (χ4n) is 3.05. The number of hydrogen-bond acceptors (Lipinski definition) is 6. The third-order valence-corrected chi connectivity index (χ3v) is 5.16. The second-order valence-electron chi connectivity index (χ2n) is 7.27. The summed E-state index contributed by atoms with van der Waals surface area (Å²) >= 11 is 3.28. The lowest BCUT2D eigenvalue weighted by Gasteiger charge is -2.17. The average molecular weight is 517 g/mol. The molecule has 0 unspecified atom stereocenters. The minimum Gasteiger partial charge on any atom is -0.455 e. The van der Waals surface area contributed by atoms with Crippen molar-refractivity contribution >= 4 is 56.9 Å². The molecule has 2 aromatic carbocycles. The summed E-state index contributed by atoms with van der Waals surface area (Å²) in [6.07, 6.45) is -0.133. The van der Waals surface area contributed by atoms with Crippen LogP contribution in [0, 0.1) is 5.92 Å². The van der Waals surface area contributed by atoms with E-state index in [1.54, 1.807) is 48.5 Å². The quantitative estimate of drug-likeness (QED) is 0.482. The van der Waals surface area contributed by atoms with Crippen LogP contribution in [0.3, 0.4) is 0 Å². The van der Waals surface area contributed by atoms with Gasteiger partial charge in [0.1, 0.15) is 0 Å². The molecule has 4 amide bonds. The van der Waals surface area contributed by atoms with Crippen LogP contribution in [0.2, 0.25) is 0 Å². The average Bonchev–Trinajstić information content (AvgIpc) is 3.13. The van der Waals surface area contributed by atoms with E-state index in [1.807, 2.05) is 0 Å². The number of anilines is 2. The lowest BCUT2D eigenvalue weighted by atomic mass is 10.1. The molecule has 0 aromatic heterocycles. The van der Waals surface area contributed by atoms with Gasteiger partial charge in [-0.3, -0.25) is 34.4 Å². The van der Waals surface area contributed by atoms with Crippen LogP contribution in [0.1, 0.15) is 23.7 Å². The Morgan fingerprint density at radius 2 is 1.61 bits per heavy atom. The van der Waals surface area contributed by atoms with Crippen LogP contribution < -0.4 is 16.1 Å². The monoisotopic (exact) mass is 516 g/mol. The van der Waals surface area contributed by atoms with Gasteiger partial charge in [0.15, 0.2) is 6.61 Å². The zero-order valence-corrected chi connectivity index (χ0v) is 19.2. The van der Waals surface area contributed by atoms with Crippen molar-refractivity contribution in [3.63, 3.8) is 0 Å². The first-order chi connectivity index (χ1) is 15.7. The molecule has 172 valence electrons. The van der Waals surface area contributed by atoms with E-state index < -0.39 is 36.2 Å². The van der Waals surface area contributed by atoms with Crippen LogP contribution in [0.4, 0.5) is 11.4 Å². The van der Waals surface area contributed by atoms with Gasteiger partial charge in [0, 0.05) is 34.8 Å². The number of carbonyl (C=O) groups excluding carboxylic acids is 5. The number of esters is 1. The molecule has 3 N–H and O–H groups in total. The summed E-state index contributed by atoms with van der Waals surface area (Å²) in [5.74, 6) is -3.18. The molecule has 2 aromatic rings. The van der Waals surface area contributed by atoms with Gasteiger partial charge in [-0.1, -0.05) is 15.9 Å². The van der Waals surface area contributed by atoms with Gasteiger partial charge in [-0.2, -0.15) is 0 Å². The second kappa shape index (κ2) is 10.7. The third-order valence-electron chi connectivity index (χ3n) is 4.64. The van der Waals surface area contributed by atoms with Gasteiger partial charge < -0.3 is 15.4 Å². The molecule has 0 bridgehead atoms. The normalized spacial score (nSPS) is 15.0. The van der Waals surface area contributed by atoms with Gasteiger partial charge in [-0.25, -0.2) is 0 Å². The van der Waals surface area contributed by atoms with Crippen molar-refractivity contribution in [1.29, 1.82) is 0 Å². The summed E-state index contributed by atoms with van der Waals surface area (Å²) < 4.78 is 5.84. The molecule has 1 aliphatic rings. The largest absolute Gasteiger partial charge is 0.455 e. The standard InChI is InChI=1S/C22H21BrN4O6/c1-13(28)24-17-6-8-18(9-7-17)25-19(29)12-33-22(32)15-10-20(30)27(11-15)26-21(31)14-2-4-16(23)5-3-14/h2-9,15H,10-12H2,1H3,(H,24,28)(H,25,29)(H,26,31)/t15-/m0/s1. The summed E-state index contributed by atoms with van der Waals surface area (Å²) in [5.41, 5.74) is 3.88. The Bertz CT molecular complexity index is 1070. The molecule has 3 rings (SSSR count). The van der Waals surface area contributed by atoms with Crippen molar-refractivity contribution in [2.75, 3.05) is 23.8 Å². The molecule has 0 radical (unpaired) electrons. The molecular weight excluding hydrogens is 496 g/mol. The molecule has 10 nitrogen and oxygen atoms in total. The van der Waals surface area contributed by atoms with E-state index in [2.05, 4.69) is 32.0 Å². The Morgan fingerprint density at radius 1 is 1.00 bits per heavy atom. The second-order valence-corrected chi connectivity index (χ2v) is 8.18. The first kappa shape index (κ1) is 23.9. The Labute approximate surface area is 197 Å². The fourth-order valence-corrected chi connectivity index (χ4v) is 3.32. The van der Waals surface area contributed by atoms with Gasteiger partial charge >= 0.3 is 5.97 Å². The fraction of sp³-hybridized carbons (Fsp3) is 0.227. The Hall–Kier alpha value is -3.73. The number of rotatable bonds is 7. The molecule has 1 atom stereocenters. The van der Waals surface area contributed by atoms with Crippen LogP contribution >= 0.6 is 15.9 Å². The maximum absolute atomic E-state index is 12.3. The predicted octanol–water partition coefficient (Wildman–Crippen LogP) is 2.08. The van der Waals surface area contributed by atoms with E-state index in [0.29, 0.717) is 16.9 Å². The summed E-state index contributed by atoms with van der Waals surface area (Å²) in [6, 6.07) is 13.0. The number of ether oxygens (including phenoxy) is 1. The maximum atomic E-state index is 12.3. The van der Waals surface area contributed by atoms with Crippen LogP contribution in [0.15, 0.2) is 53.0 Å². The smallest absolute Gasteiger partial charge is 0.311 e. The number of nitrogens with one attached hydrogen (secondary N) is 3. The summed E-state index contributed by atoms with van der Waals surface area (Å²) in [7, 11) is 0. The number of hydrogen-bond donors (Lipinski definition) is 3. The van der Waals surface area contributed by atoms with E-state index in [4.69, 9.17) is 4.74 Å². The zero-order chi connectivity index (χ0) is 24.0. The van der Waals surface area contributed by atoms with Crippen molar-refractivity contribution in [3.05, 3.63) is 58.6 Å². The number of amides is 4. The molecule has 0 saturated carbocycles. The van der Waals surface area contributed by atoms with Crippen LogP contribution in [-0.2, 0) is 23.9 Å². The summed E-state index contributed by atoms with van der Waals surface area (Å²) in [6.45, 7) is 0.811. The van der Waals surface area contributed by atoms with Gasteiger partial charge in [0.2, 0.25) is 11.8 Å². The topological polar surface area (TPSA) is 134 Å². The van der Waals surface area contributed by atoms with Gasteiger partial charge in [0.25, 0.3) is 11.8 Å². The van der Waals surface area contributed by atoms with E-state index in [9.17, 15) is 24.0 Å². The molecule has 1 aliphatic heterocycles. The summed E-state index contributed by atoms with van der Waals surface area (Å²) in [4.78, 5) is 59.8. The highest BCUT2D eigenvalue weighted by Gasteiger charge is 2.36. The SMILES string of the molecule is CC(=O)Nc1ccc(NC(=O)COC(=O)[C@H]2CC(=O)N(NC(=O)c3ccc(Br)cc3)C2)cc1. The van der Waals surface area contributed by atoms with E-state index >= 15 is 0 Å². The van der Waals surface area contributed by atoms with Crippen LogP contribution in [-0.4, -0.2) is 47.8 Å². The van der Waals surface area contributed by atoms with Gasteiger partial charge in [-0.15, -0.1) is 0 Å². The number of nitrogens with zero attached hydrogens (tertiary/aromatic N) is 1.